The second-order valence-corrected chi connectivity index (χ2v) is 10.1. The van der Waals surface area contributed by atoms with Gasteiger partial charge in [0.1, 0.15) is 0 Å². The molecule has 2 fully saturated rings. The fourth-order valence-corrected chi connectivity index (χ4v) is 6.20. The van der Waals surface area contributed by atoms with Gasteiger partial charge in [0.15, 0.2) is 5.82 Å². The Morgan fingerprint density at radius 2 is 1.92 bits per heavy atom. The highest BCUT2D eigenvalue weighted by Crippen LogP contribution is 2.34. The average molecular weight is 383 g/mol. The van der Waals surface area contributed by atoms with Crippen LogP contribution >= 0.6 is 11.3 Å². The van der Waals surface area contributed by atoms with E-state index in [1.807, 2.05) is 18.5 Å². The Kier molecular flexibility index (Phi) is 4.38. The second kappa shape index (κ2) is 6.42. The molecule has 0 aromatic carbocycles. The highest BCUT2D eigenvalue weighted by molar-refractivity contribution is 7.89. The molecule has 2 aliphatic rings. The van der Waals surface area contributed by atoms with Gasteiger partial charge >= 0.3 is 0 Å². The van der Waals surface area contributed by atoms with Crippen molar-refractivity contribution in [1.82, 2.24) is 29.4 Å². The predicted molar refractivity (Wildman–Crippen MR) is 93.9 cm³/mol. The maximum Gasteiger partial charge on any atom is 0.244 e. The van der Waals surface area contributed by atoms with Crippen LogP contribution in [0.5, 0.6) is 0 Å². The zero-order valence-corrected chi connectivity index (χ0v) is 16.1. The molecule has 25 heavy (non-hydrogen) atoms. The summed E-state index contributed by atoms with van der Waals surface area (Å²) in [5, 5.41) is 12.0. The molecule has 4 rings (SSSR count). The van der Waals surface area contributed by atoms with Crippen LogP contribution in [0.25, 0.3) is 0 Å². The van der Waals surface area contributed by atoms with Gasteiger partial charge in [-0.05, 0) is 43.2 Å². The number of aromatic nitrogens is 4. The van der Waals surface area contributed by atoms with Crippen LogP contribution in [0.1, 0.15) is 34.5 Å². The van der Waals surface area contributed by atoms with Crippen LogP contribution in [0, 0.1) is 13.8 Å². The second-order valence-electron chi connectivity index (χ2n) is 6.73. The van der Waals surface area contributed by atoms with Crippen LogP contribution in [-0.4, -0.2) is 64.0 Å². The number of tetrazole rings is 1. The Morgan fingerprint density at radius 1 is 1.20 bits per heavy atom. The lowest BCUT2D eigenvalue weighted by Gasteiger charge is -2.33. The Labute approximate surface area is 151 Å². The fourth-order valence-electron chi connectivity index (χ4n) is 3.25. The number of aryl methyl sites for hydroxylation is 2. The minimum Gasteiger partial charge on any atom is -0.293 e. The first-order chi connectivity index (χ1) is 11.9. The van der Waals surface area contributed by atoms with E-state index in [0.717, 1.165) is 28.4 Å². The zero-order valence-electron chi connectivity index (χ0n) is 14.4. The minimum atomic E-state index is -3.40. The van der Waals surface area contributed by atoms with Gasteiger partial charge in [-0.1, -0.05) is 0 Å². The molecule has 0 N–H and O–H groups in total. The lowest BCUT2D eigenvalue weighted by atomic mass is 10.3. The molecule has 136 valence electrons. The van der Waals surface area contributed by atoms with Crippen molar-refractivity contribution in [1.29, 1.82) is 0 Å². The molecule has 1 saturated heterocycles. The van der Waals surface area contributed by atoms with Gasteiger partial charge in [-0.3, -0.25) is 4.90 Å². The van der Waals surface area contributed by atoms with Crippen molar-refractivity contribution in [3.8, 4) is 0 Å². The molecule has 1 aliphatic carbocycles. The molecule has 2 aromatic heterocycles. The summed E-state index contributed by atoms with van der Waals surface area (Å²) in [5.74, 6) is 0.878. The first kappa shape index (κ1) is 17.1. The molecule has 0 atom stereocenters. The Balaban J connectivity index is 1.41. The summed E-state index contributed by atoms with van der Waals surface area (Å²) in [4.78, 5) is 4.58. The number of hydrogen-bond acceptors (Lipinski definition) is 7. The van der Waals surface area contributed by atoms with Gasteiger partial charge in [0.25, 0.3) is 0 Å². The van der Waals surface area contributed by atoms with Crippen LogP contribution in [0.2, 0.25) is 0 Å². The third-order valence-electron chi connectivity index (χ3n) is 4.76. The maximum absolute atomic E-state index is 12.9. The molecule has 8 nitrogen and oxygen atoms in total. The van der Waals surface area contributed by atoms with Crippen molar-refractivity contribution in [2.45, 2.75) is 44.2 Å². The van der Waals surface area contributed by atoms with Gasteiger partial charge in [-0.2, -0.15) is 4.31 Å². The summed E-state index contributed by atoms with van der Waals surface area (Å²) >= 11 is 1.53. The van der Waals surface area contributed by atoms with Gasteiger partial charge in [-0.25, -0.2) is 13.1 Å². The number of rotatable bonds is 5. The topological polar surface area (TPSA) is 84.2 Å². The molecule has 0 spiro atoms. The molecule has 1 aliphatic heterocycles. The van der Waals surface area contributed by atoms with E-state index in [-0.39, 0.29) is 0 Å². The van der Waals surface area contributed by atoms with Crippen LogP contribution in [-0.2, 0) is 16.6 Å². The van der Waals surface area contributed by atoms with E-state index < -0.39 is 10.0 Å². The number of hydrogen-bond donors (Lipinski definition) is 0. The zero-order chi connectivity index (χ0) is 17.6. The van der Waals surface area contributed by atoms with E-state index in [9.17, 15) is 8.42 Å². The first-order valence-electron chi connectivity index (χ1n) is 8.51. The minimum absolute atomic E-state index is 0.455. The van der Waals surface area contributed by atoms with E-state index in [2.05, 4.69) is 20.4 Å². The molecular formula is C15H22N6O2S2. The number of sulfonamides is 1. The van der Waals surface area contributed by atoms with Crippen molar-refractivity contribution < 1.29 is 8.42 Å². The average Bonchev–Trinajstić information content (AvgIpc) is 3.22. The largest absolute Gasteiger partial charge is 0.293 e. The Hall–Kier alpha value is -1.36. The predicted octanol–water partition coefficient (Wildman–Crippen LogP) is 1.19. The highest BCUT2D eigenvalue weighted by atomic mass is 32.2. The van der Waals surface area contributed by atoms with Crippen molar-refractivity contribution in [3.63, 3.8) is 0 Å². The monoisotopic (exact) mass is 382 g/mol. The van der Waals surface area contributed by atoms with E-state index in [1.165, 1.54) is 11.3 Å². The van der Waals surface area contributed by atoms with Crippen molar-refractivity contribution in [3.05, 3.63) is 21.6 Å². The first-order valence-corrected chi connectivity index (χ1v) is 10.8. The van der Waals surface area contributed by atoms with Gasteiger partial charge in [-0.15, -0.1) is 16.4 Å². The molecule has 1 saturated carbocycles. The molecule has 0 amide bonds. The smallest absolute Gasteiger partial charge is 0.244 e. The molecule has 0 unspecified atom stereocenters. The standard InChI is InChI=1S/C15H22N6O2S2/c1-11-9-14(12(2)24-11)25(22,23)20-7-5-19(6-8-20)10-15-16-17-18-21(15)13-3-4-13/h9,13H,3-8,10H2,1-2H3. The van der Waals surface area contributed by atoms with Gasteiger partial charge < -0.3 is 0 Å². The molecule has 10 heteroatoms. The fraction of sp³-hybridized carbons (Fsp3) is 0.667. The highest BCUT2D eigenvalue weighted by Gasteiger charge is 2.32. The van der Waals surface area contributed by atoms with Gasteiger partial charge in [0, 0.05) is 35.9 Å². The van der Waals surface area contributed by atoms with E-state index in [1.54, 1.807) is 10.4 Å². The SMILES string of the molecule is Cc1cc(S(=O)(=O)N2CCN(Cc3nnnn3C3CC3)CC2)c(C)s1. The number of thiophene rings is 1. The molecule has 0 bridgehead atoms. The van der Waals surface area contributed by atoms with E-state index >= 15 is 0 Å². The molecule has 0 radical (unpaired) electrons. The normalized spacial score (nSPS) is 20.2. The lowest BCUT2D eigenvalue weighted by molar-refractivity contribution is 0.175. The summed E-state index contributed by atoms with van der Waals surface area (Å²) in [6, 6.07) is 2.24. The van der Waals surface area contributed by atoms with Crippen molar-refractivity contribution >= 4 is 21.4 Å². The Morgan fingerprint density at radius 3 is 2.52 bits per heavy atom. The molecular weight excluding hydrogens is 360 g/mol. The summed E-state index contributed by atoms with van der Waals surface area (Å²) in [7, 11) is -3.40. The summed E-state index contributed by atoms with van der Waals surface area (Å²) in [6.45, 7) is 6.88. The summed E-state index contributed by atoms with van der Waals surface area (Å²) < 4.78 is 29.3. The molecule has 2 aromatic rings. The maximum atomic E-state index is 12.9. The van der Waals surface area contributed by atoms with E-state index in [4.69, 9.17) is 0 Å². The third kappa shape index (κ3) is 3.35. The van der Waals surface area contributed by atoms with Crippen LogP contribution in [0.3, 0.4) is 0 Å². The summed E-state index contributed by atoms with van der Waals surface area (Å²) in [5.41, 5.74) is 0. The Bertz CT molecular complexity index is 862. The summed E-state index contributed by atoms with van der Waals surface area (Å²) in [6.07, 6.45) is 2.28. The van der Waals surface area contributed by atoms with Crippen molar-refractivity contribution in [2.24, 2.45) is 0 Å². The number of piperazine rings is 1. The van der Waals surface area contributed by atoms with Crippen LogP contribution < -0.4 is 0 Å². The van der Waals surface area contributed by atoms with Crippen molar-refractivity contribution in [2.75, 3.05) is 26.2 Å². The van der Waals surface area contributed by atoms with Crippen LogP contribution in [0.4, 0.5) is 0 Å². The third-order valence-corrected chi connectivity index (χ3v) is 7.88. The van der Waals surface area contributed by atoms with Gasteiger partial charge in [0.05, 0.1) is 17.5 Å². The van der Waals surface area contributed by atoms with Crippen LogP contribution in [0.15, 0.2) is 11.0 Å². The quantitative estimate of drug-likeness (QED) is 0.772. The van der Waals surface area contributed by atoms with E-state index in [0.29, 0.717) is 43.7 Å². The van der Waals surface area contributed by atoms with Gasteiger partial charge in [0.2, 0.25) is 10.0 Å². The molecule has 3 heterocycles. The lowest BCUT2D eigenvalue weighted by Crippen LogP contribution is -2.48. The number of nitrogens with zero attached hydrogens (tertiary/aromatic N) is 6.